The zero-order chi connectivity index (χ0) is 22.7. The van der Waals surface area contributed by atoms with Crippen molar-refractivity contribution in [2.24, 2.45) is 0 Å². The van der Waals surface area contributed by atoms with Crippen LogP contribution in [0.25, 0.3) is 0 Å². The maximum Gasteiger partial charge on any atom is 0.257 e. The van der Waals surface area contributed by atoms with E-state index in [1.165, 1.54) is 6.20 Å². The van der Waals surface area contributed by atoms with Gasteiger partial charge in [-0.05, 0) is 38.1 Å². The van der Waals surface area contributed by atoms with Crippen LogP contribution in [0.15, 0.2) is 42.9 Å². The van der Waals surface area contributed by atoms with Crippen molar-refractivity contribution in [1.82, 2.24) is 24.6 Å². The van der Waals surface area contributed by atoms with E-state index in [4.69, 9.17) is 11.6 Å². The smallest absolute Gasteiger partial charge is 0.257 e. The Bertz CT molecular complexity index is 1120. The second-order valence-corrected chi connectivity index (χ2v) is 8.11. The highest BCUT2D eigenvalue weighted by atomic mass is 35.5. The van der Waals surface area contributed by atoms with Gasteiger partial charge in [-0.2, -0.15) is 5.10 Å². The van der Waals surface area contributed by atoms with Crippen LogP contribution in [-0.2, 0) is 11.3 Å². The summed E-state index contributed by atoms with van der Waals surface area (Å²) in [6.07, 6.45) is 4.66. The van der Waals surface area contributed by atoms with Gasteiger partial charge in [-0.3, -0.25) is 19.3 Å². The number of piperazine rings is 1. The molecule has 0 spiro atoms. The number of hydrogen-bond donors (Lipinski definition) is 1. The van der Waals surface area contributed by atoms with Gasteiger partial charge < -0.3 is 15.1 Å². The van der Waals surface area contributed by atoms with Gasteiger partial charge in [0.25, 0.3) is 5.91 Å². The number of halogens is 1. The second-order valence-electron chi connectivity index (χ2n) is 7.67. The minimum Gasteiger partial charge on any atom is -0.351 e. The first-order valence-electron chi connectivity index (χ1n) is 10.3. The maximum atomic E-state index is 12.7. The van der Waals surface area contributed by atoms with Gasteiger partial charge in [0, 0.05) is 50.5 Å². The molecule has 4 rings (SSSR count). The van der Waals surface area contributed by atoms with Gasteiger partial charge >= 0.3 is 0 Å². The number of aryl methyl sites for hydroxylation is 2. The summed E-state index contributed by atoms with van der Waals surface area (Å²) in [6, 6.07) is 7.03. The molecule has 9 nitrogen and oxygen atoms in total. The molecule has 0 bridgehead atoms. The molecule has 1 aliphatic rings. The van der Waals surface area contributed by atoms with Gasteiger partial charge in [-0.25, -0.2) is 4.98 Å². The molecule has 2 amide bonds. The third kappa shape index (κ3) is 4.88. The molecule has 0 saturated carbocycles. The van der Waals surface area contributed by atoms with Crippen LogP contribution in [0.4, 0.5) is 11.5 Å². The summed E-state index contributed by atoms with van der Waals surface area (Å²) in [5.74, 6) is 0.365. The van der Waals surface area contributed by atoms with E-state index in [1.807, 2.05) is 29.7 Å². The fraction of sp³-hybridized carbons (Fsp3) is 0.318. The number of anilines is 2. The van der Waals surface area contributed by atoms with E-state index in [1.54, 1.807) is 35.3 Å². The van der Waals surface area contributed by atoms with Crippen molar-refractivity contribution < 1.29 is 9.59 Å². The van der Waals surface area contributed by atoms with Crippen LogP contribution in [0.2, 0.25) is 5.02 Å². The predicted molar refractivity (Wildman–Crippen MR) is 122 cm³/mol. The lowest BCUT2D eigenvalue weighted by Gasteiger charge is -2.36. The number of rotatable bonds is 5. The Hall–Kier alpha value is -3.46. The van der Waals surface area contributed by atoms with E-state index in [2.05, 4.69) is 20.4 Å². The Morgan fingerprint density at radius 3 is 2.56 bits per heavy atom. The zero-order valence-corrected chi connectivity index (χ0v) is 18.7. The van der Waals surface area contributed by atoms with Crippen LogP contribution in [-0.4, -0.2) is 62.6 Å². The lowest BCUT2D eigenvalue weighted by Crippen LogP contribution is -2.50. The molecule has 0 unspecified atom stereocenters. The van der Waals surface area contributed by atoms with E-state index in [9.17, 15) is 9.59 Å². The Kier molecular flexibility index (Phi) is 6.36. The first-order valence-corrected chi connectivity index (χ1v) is 10.7. The third-order valence-electron chi connectivity index (χ3n) is 5.33. The maximum absolute atomic E-state index is 12.7. The number of nitrogens with one attached hydrogen (secondary N) is 1. The lowest BCUT2D eigenvalue weighted by atomic mass is 10.2. The monoisotopic (exact) mass is 453 g/mol. The van der Waals surface area contributed by atoms with Gasteiger partial charge in [-0.15, -0.1) is 0 Å². The molecule has 1 aliphatic heterocycles. The highest BCUT2D eigenvalue weighted by Gasteiger charge is 2.25. The van der Waals surface area contributed by atoms with Gasteiger partial charge in [0.1, 0.15) is 6.54 Å². The van der Waals surface area contributed by atoms with E-state index in [-0.39, 0.29) is 18.4 Å². The summed E-state index contributed by atoms with van der Waals surface area (Å²) in [7, 11) is 0. The average molecular weight is 454 g/mol. The van der Waals surface area contributed by atoms with Gasteiger partial charge in [0.2, 0.25) is 5.91 Å². The van der Waals surface area contributed by atoms with E-state index >= 15 is 0 Å². The number of hydrogen-bond acceptors (Lipinski definition) is 6. The third-order valence-corrected chi connectivity index (χ3v) is 5.53. The van der Waals surface area contributed by atoms with Crippen molar-refractivity contribution in [1.29, 1.82) is 0 Å². The quantitative estimate of drug-likeness (QED) is 0.637. The Morgan fingerprint density at radius 1 is 1.12 bits per heavy atom. The summed E-state index contributed by atoms with van der Waals surface area (Å²) in [4.78, 5) is 37.6. The molecule has 32 heavy (non-hydrogen) atoms. The summed E-state index contributed by atoms with van der Waals surface area (Å²) in [6.45, 7) is 6.37. The van der Waals surface area contributed by atoms with Crippen molar-refractivity contribution in [2.75, 3.05) is 36.4 Å². The first-order chi connectivity index (χ1) is 15.4. The van der Waals surface area contributed by atoms with Crippen LogP contribution >= 0.6 is 11.6 Å². The van der Waals surface area contributed by atoms with Gasteiger partial charge in [0.05, 0.1) is 22.0 Å². The molecule has 1 N–H and O–H groups in total. The van der Waals surface area contributed by atoms with E-state index < -0.39 is 0 Å². The molecule has 0 aliphatic carbocycles. The zero-order valence-electron chi connectivity index (χ0n) is 18.0. The van der Waals surface area contributed by atoms with Crippen LogP contribution in [0.3, 0.4) is 0 Å². The molecule has 1 saturated heterocycles. The molecule has 3 aromatic rings. The molecule has 4 heterocycles. The number of carbonyl (C=O) groups excluding carboxylic acids is 2. The largest absolute Gasteiger partial charge is 0.351 e. The highest BCUT2D eigenvalue weighted by molar-refractivity contribution is 6.31. The molecular formula is C22H24ClN7O2. The number of aromatic nitrogens is 4. The molecule has 3 aromatic heterocycles. The minimum atomic E-state index is -0.290. The van der Waals surface area contributed by atoms with Crippen LogP contribution in [0, 0.1) is 13.8 Å². The molecule has 10 heteroatoms. The molecule has 166 valence electrons. The first kappa shape index (κ1) is 21.8. The summed E-state index contributed by atoms with van der Waals surface area (Å²) >= 11 is 6.14. The average Bonchev–Trinajstić information content (AvgIpc) is 3.11. The van der Waals surface area contributed by atoms with E-state index in [0.29, 0.717) is 48.3 Å². The Balaban J connectivity index is 1.42. The predicted octanol–water partition coefficient (Wildman–Crippen LogP) is 2.54. The topological polar surface area (TPSA) is 96.2 Å². The number of nitrogens with zero attached hydrogens (tertiary/aromatic N) is 6. The van der Waals surface area contributed by atoms with Crippen molar-refractivity contribution in [2.45, 2.75) is 20.4 Å². The van der Waals surface area contributed by atoms with Crippen molar-refractivity contribution >= 4 is 34.9 Å². The van der Waals surface area contributed by atoms with Gasteiger partial charge in [0.15, 0.2) is 5.82 Å². The molecule has 0 radical (unpaired) electrons. The van der Waals surface area contributed by atoms with Crippen molar-refractivity contribution in [3.05, 3.63) is 64.8 Å². The minimum absolute atomic E-state index is 0.0324. The Labute approximate surface area is 191 Å². The molecule has 1 fully saturated rings. The molecule has 0 atom stereocenters. The highest BCUT2D eigenvalue weighted by Crippen LogP contribution is 2.28. The number of pyridine rings is 2. The van der Waals surface area contributed by atoms with Crippen molar-refractivity contribution in [3.8, 4) is 0 Å². The van der Waals surface area contributed by atoms with Crippen LogP contribution in [0.1, 0.15) is 21.7 Å². The number of carbonyl (C=O) groups is 2. The Morgan fingerprint density at radius 2 is 1.91 bits per heavy atom. The van der Waals surface area contributed by atoms with Gasteiger partial charge in [-0.1, -0.05) is 11.6 Å². The standard InChI is InChI=1S/C22H24ClN7O2/c1-15-10-16(2)30(27-15)14-20(31)28-6-8-29(9-7-28)21-19(11-18(23)13-25-21)26-22(32)17-4-3-5-24-12-17/h3-5,10-13H,6-9,14H2,1-2H3,(H,26,32). The molecule has 0 aromatic carbocycles. The normalized spacial score (nSPS) is 13.8. The van der Waals surface area contributed by atoms with Crippen LogP contribution in [0.5, 0.6) is 0 Å². The summed E-state index contributed by atoms with van der Waals surface area (Å²) < 4.78 is 1.73. The fourth-order valence-corrected chi connectivity index (χ4v) is 3.86. The van der Waals surface area contributed by atoms with Crippen LogP contribution < -0.4 is 10.2 Å². The SMILES string of the molecule is Cc1cc(C)n(CC(=O)N2CCN(c3ncc(Cl)cc3NC(=O)c3cccnc3)CC2)n1. The number of amides is 2. The molecular weight excluding hydrogens is 430 g/mol. The van der Waals surface area contributed by atoms with Crippen molar-refractivity contribution in [3.63, 3.8) is 0 Å². The second kappa shape index (κ2) is 9.35. The van der Waals surface area contributed by atoms with E-state index in [0.717, 1.165) is 11.4 Å². The summed E-state index contributed by atoms with van der Waals surface area (Å²) in [5, 5.41) is 7.68. The lowest BCUT2D eigenvalue weighted by molar-refractivity contribution is -0.132. The summed E-state index contributed by atoms with van der Waals surface area (Å²) in [5.41, 5.74) is 2.83. The fourth-order valence-electron chi connectivity index (χ4n) is 3.70.